The van der Waals surface area contributed by atoms with Crippen molar-refractivity contribution in [3.05, 3.63) is 0 Å². The summed E-state index contributed by atoms with van der Waals surface area (Å²) in [5, 5.41) is 0. The zero-order valence-corrected chi connectivity index (χ0v) is 12.9. The smallest absolute Gasteiger partial charge is 0.282 e. The van der Waals surface area contributed by atoms with Crippen molar-refractivity contribution in [1.82, 2.24) is 8.61 Å². The Balaban J connectivity index is 2.06. The van der Waals surface area contributed by atoms with Gasteiger partial charge in [0.25, 0.3) is 10.2 Å². The molecule has 1 atom stereocenters. The Hall–Kier alpha value is -0.170. The monoisotopic (exact) mass is 289 g/mol. The fraction of sp³-hybridized carbons (Fsp3) is 1.00. The molecule has 2 saturated heterocycles. The second-order valence-electron chi connectivity index (χ2n) is 6.15. The maximum Gasteiger partial charge on any atom is 0.282 e. The Labute approximate surface area is 117 Å². The van der Waals surface area contributed by atoms with E-state index in [9.17, 15) is 8.42 Å². The summed E-state index contributed by atoms with van der Waals surface area (Å²) < 4.78 is 28.8. The second kappa shape index (κ2) is 6.08. The molecule has 112 valence electrons. The third-order valence-corrected chi connectivity index (χ3v) is 6.61. The Morgan fingerprint density at radius 3 is 2.32 bits per heavy atom. The number of hydrogen-bond acceptors (Lipinski definition) is 3. The minimum absolute atomic E-state index is 0.178. The van der Waals surface area contributed by atoms with Crippen molar-refractivity contribution in [3.63, 3.8) is 0 Å². The van der Waals surface area contributed by atoms with Gasteiger partial charge in [0.2, 0.25) is 0 Å². The topological polar surface area (TPSA) is 66.6 Å². The third-order valence-electron chi connectivity index (χ3n) is 4.55. The van der Waals surface area contributed by atoms with E-state index in [0.717, 1.165) is 25.7 Å². The van der Waals surface area contributed by atoms with Gasteiger partial charge in [-0.25, -0.2) is 0 Å². The van der Waals surface area contributed by atoms with Gasteiger partial charge in [-0.2, -0.15) is 17.0 Å². The number of hydrogen-bond donors (Lipinski definition) is 1. The van der Waals surface area contributed by atoms with Crippen molar-refractivity contribution in [2.45, 2.75) is 45.6 Å². The first-order valence-electron chi connectivity index (χ1n) is 7.43. The average molecular weight is 289 g/mol. The predicted molar refractivity (Wildman–Crippen MR) is 76.8 cm³/mol. The lowest BCUT2D eigenvalue weighted by atomic mass is 9.99. The van der Waals surface area contributed by atoms with Crippen LogP contribution in [0.4, 0.5) is 0 Å². The van der Waals surface area contributed by atoms with E-state index < -0.39 is 10.2 Å². The lowest BCUT2D eigenvalue weighted by Gasteiger charge is -2.36. The Bertz CT molecular complexity index is 389. The minimum Gasteiger partial charge on any atom is -0.330 e. The van der Waals surface area contributed by atoms with Crippen LogP contribution in [0.25, 0.3) is 0 Å². The molecule has 2 aliphatic heterocycles. The van der Waals surface area contributed by atoms with Gasteiger partial charge >= 0.3 is 0 Å². The molecule has 0 aromatic carbocycles. The van der Waals surface area contributed by atoms with E-state index in [1.807, 2.05) is 0 Å². The molecule has 2 rings (SSSR count). The first-order chi connectivity index (χ1) is 8.96. The summed E-state index contributed by atoms with van der Waals surface area (Å²) in [5.41, 5.74) is 5.66. The van der Waals surface area contributed by atoms with Gasteiger partial charge in [0.15, 0.2) is 0 Å². The van der Waals surface area contributed by atoms with Gasteiger partial charge < -0.3 is 5.73 Å². The first-order valence-corrected chi connectivity index (χ1v) is 8.83. The Morgan fingerprint density at radius 2 is 1.79 bits per heavy atom. The highest BCUT2D eigenvalue weighted by atomic mass is 32.2. The molecule has 0 radical (unpaired) electrons. The van der Waals surface area contributed by atoms with Gasteiger partial charge in [0.05, 0.1) is 0 Å². The SMILES string of the molecule is CC(C)C1CCCN1S(=O)(=O)N1CCC(CN)CC1. The summed E-state index contributed by atoms with van der Waals surface area (Å²) in [6.45, 7) is 6.84. The molecule has 0 spiro atoms. The second-order valence-corrected chi connectivity index (χ2v) is 8.03. The van der Waals surface area contributed by atoms with Crippen LogP contribution in [0.3, 0.4) is 0 Å². The van der Waals surface area contributed by atoms with E-state index in [4.69, 9.17) is 5.73 Å². The molecule has 2 aliphatic rings. The maximum atomic E-state index is 12.7. The predicted octanol–water partition coefficient (Wildman–Crippen LogP) is 1.02. The van der Waals surface area contributed by atoms with Crippen molar-refractivity contribution < 1.29 is 8.42 Å². The molecule has 0 aliphatic carbocycles. The molecular formula is C13H27N3O2S. The normalized spacial score (nSPS) is 28.3. The van der Waals surface area contributed by atoms with Crippen LogP contribution in [0.2, 0.25) is 0 Å². The van der Waals surface area contributed by atoms with Gasteiger partial charge in [-0.05, 0) is 44.1 Å². The Morgan fingerprint density at radius 1 is 1.16 bits per heavy atom. The summed E-state index contributed by atoms with van der Waals surface area (Å²) in [6, 6.07) is 0.178. The van der Waals surface area contributed by atoms with Gasteiger partial charge in [0, 0.05) is 25.7 Å². The molecule has 1 unspecified atom stereocenters. The van der Waals surface area contributed by atoms with E-state index >= 15 is 0 Å². The molecule has 5 nitrogen and oxygen atoms in total. The average Bonchev–Trinajstić information content (AvgIpc) is 2.89. The van der Waals surface area contributed by atoms with Crippen LogP contribution in [0, 0.1) is 11.8 Å². The van der Waals surface area contributed by atoms with Crippen molar-refractivity contribution >= 4 is 10.2 Å². The summed E-state index contributed by atoms with van der Waals surface area (Å²) in [6.07, 6.45) is 3.78. The highest BCUT2D eigenvalue weighted by molar-refractivity contribution is 7.86. The zero-order chi connectivity index (χ0) is 14.0. The zero-order valence-electron chi connectivity index (χ0n) is 12.1. The molecule has 0 amide bonds. The van der Waals surface area contributed by atoms with Gasteiger partial charge in [-0.3, -0.25) is 0 Å². The van der Waals surface area contributed by atoms with Crippen LogP contribution in [-0.4, -0.2) is 49.2 Å². The number of rotatable bonds is 4. The number of piperidine rings is 1. The summed E-state index contributed by atoms with van der Waals surface area (Å²) in [5.74, 6) is 0.879. The highest BCUT2D eigenvalue weighted by Gasteiger charge is 2.40. The van der Waals surface area contributed by atoms with Crippen molar-refractivity contribution in [1.29, 1.82) is 0 Å². The molecule has 2 heterocycles. The lowest BCUT2D eigenvalue weighted by molar-refractivity contribution is 0.241. The van der Waals surface area contributed by atoms with E-state index in [0.29, 0.717) is 38.0 Å². The van der Waals surface area contributed by atoms with Gasteiger partial charge in [0.1, 0.15) is 0 Å². The quantitative estimate of drug-likeness (QED) is 0.840. The fourth-order valence-corrected chi connectivity index (χ4v) is 5.26. The van der Waals surface area contributed by atoms with Gasteiger partial charge in [-0.1, -0.05) is 13.8 Å². The molecular weight excluding hydrogens is 262 g/mol. The van der Waals surface area contributed by atoms with Crippen molar-refractivity contribution in [2.24, 2.45) is 17.6 Å². The lowest BCUT2D eigenvalue weighted by Crippen LogP contribution is -2.50. The number of nitrogens with two attached hydrogens (primary N) is 1. The van der Waals surface area contributed by atoms with Crippen LogP contribution in [0.15, 0.2) is 0 Å². The van der Waals surface area contributed by atoms with E-state index in [2.05, 4.69) is 13.8 Å². The highest BCUT2D eigenvalue weighted by Crippen LogP contribution is 2.30. The summed E-state index contributed by atoms with van der Waals surface area (Å²) in [7, 11) is -3.26. The summed E-state index contributed by atoms with van der Waals surface area (Å²) >= 11 is 0. The fourth-order valence-electron chi connectivity index (χ4n) is 3.24. The van der Waals surface area contributed by atoms with Crippen LogP contribution in [0.1, 0.15) is 39.5 Å². The third kappa shape index (κ3) is 3.12. The standard InChI is InChI=1S/C13H27N3O2S/c1-11(2)13-4-3-7-16(13)19(17,18)15-8-5-12(10-14)6-9-15/h11-13H,3-10,14H2,1-2H3. The minimum atomic E-state index is -3.26. The molecule has 19 heavy (non-hydrogen) atoms. The van der Waals surface area contributed by atoms with Crippen LogP contribution < -0.4 is 5.73 Å². The van der Waals surface area contributed by atoms with Crippen molar-refractivity contribution in [2.75, 3.05) is 26.2 Å². The van der Waals surface area contributed by atoms with E-state index in [-0.39, 0.29) is 6.04 Å². The van der Waals surface area contributed by atoms with Crippen LogP contribution >= 0.6 is 0 Å². The van der Waals surface area contributed by atoms with Crippen LogP contribution in [-0.2, 0) is 10.2 Å². The Kier molecular flexibility index (Phi) is 4.87. The van der Waals surface area contributed by atoms with Gasteiger partial charge in [-0.15, -0.1) is 0 Å². The van der Waals surface area contributed by atoms with Crippen molar-refractivity contribution in [3.8, 4) is 0 Å². The number of nitrogens with zero attached hydrogens (tertiary/aromatic N) is 2. The maximum absolute atomic E-state index is 12.7. The molecule has 2 N–H and O–H groups in total. The summed E-state index contributed by atoms with van der Waals surface area (Å²) in [4.78, 5) is 0. The first kappa shape index (κ1) is 15.2. The largest absolute Gasteiger partial charge is 0.330 e. The van der Waals surface area contributed by atoms with E-state index in [1.54, 1.807) is 8.61 Å². The molecule has 2 fully saturated rings. The molecule has 0 aromatic rings. The van der Waals surface area contributed by atoms with E-state index in [1.165, 1.54) is 0 Å². The molecule has 0 aromatic heterocycles. The molecule has 0 saturated carbocycles. The van der Waals surface area contributed by atoms with Crippen LogP contribution in [0.5, 0.6) is 0 Å². The molecule has 6 heteroatoms. The molecule has 0 bridgehead atoms.